The topological polar surface area (TPSA) is 63.8 Å². The zero-order chi connectivity index (χ0) is 14.8. The van der Waals surface area contributed by atoms with Gasteiger partial charge in [-0.1, -0.05) is 29.4 Å². The summed E-state index contributed by atoms with van der Waals surface area (Å²) in [6.07, 6.45) is 6.15. The lowest BCUT2D eigenvalue weighted by molar-refractivity contribution is 0.368. The largest absolute Gasteiger partial charge is 0.339 e. The van der Waals surface area contributed by atoms with Crippen molar-refractivity contribution in [3.8, 4) is 11.5 Å². The minimum absolute atomic E-state index is 0.575. The molecule has 0 radical (unpaired) electrons. The van der Waals surface area contributed by atoms with Crippen LogP contribution in [0.4, 0.5) is 0 Å². The molecule has 3 aromatic rings. The van der Waals surface area contributed by atoms with Crippen molar-refractivity contribution in [2.75, 3.05) is 6.54 Å². The van der Waals surface area contributed by atoms with Gasteiger partial charge in [0.15, 0.2) is 0 Å². The van der Waals surface area contributed by atoms with Crippen LogP contribution in [0.3, 0.4) is 0 Å². The van der Waals surface area contributed by atoms with E-state index in [0.717, 1.165) is 35.9 Å². The first-order chi connectivity index (χ1) is 10.9. The van der Waals surface area contributed by atoms with Crippen LogP contribution in [0, 0.1) is 0 Å². The lowest BCUT2D eigenvalue weighted by atomic mass is 10.1. The Bertz CT molecular complexity index is 772. The predicted molar refractivity (Wildman–Crippen MR) is 84.4 cm³/mol. The molecule has 4 rings (SSSR count). The van der Waals surface area contributed by atoms with E-state index in [4.69, 9.17) is 4.52 Å². The summed E-state index contributed by atoms with van der Waals surface area (Å²) in [6, 6.07) is 10.7. The van der Waals surface area contributed by atoms with Gasteiger partial charge in [0, 0.05) is 24.0 Å². The third kappa shape index (κ3) is 2.60. The first-order valence-electron chi connectivity index (χ1n) is 7.80. The van der Waals surface area contributed by atoms with Crippen LogP contribution in [0.25, 0.3) is 22.3 Å². The van der Waals surface area contributed by atoms with Crippen LogP contribution in [0.2, 0.25) is 0 Å². The summed E-state index contributed by atoms with van der Waals surface area (Å²) in [4.78, 5) is 8.95. The number of aryl methyl sites for hydroxylation is 1. The predicted octanol–water partition coefficient (Wildman–Crippen LogP) is 2.97. The fraction of sp³-hybridized carbons (Fsp3) is 0.353. The molecule has 1 fully saturated rings. The highest BCUT2D eigenvalue weighted by Gasteiger charge is 2.17. The third-order valence-corrected chi connectivity index (χ3v) is 4.22. The van der Waals surface area contributed by atoms with Crippen LogP contribution in [0.15, 0.2) is 41.1 Å². The number of hydrogen-bond acceptors (Lipinski definition) is 5. The summed E-state index contributed by atoms with van der Waals surface area (Å²) in [7, 11) is 0. The summed E-state index contributed by atoms with van der Waals surface area (Å²) < 4.78 is 5.40. The van der Waals surface area contributed by atoms with E-state index in [1.165, 1.54) is 12.8 Å². The summed E-state index contributed by atoms with van der Waals surface area (Å²) in [5, 5.41) is 9.78. The molecule has 0 amide bonds. The SMILES string of the molecule is c1ccc2c(-c3noc(CCC4CCCN4)n3)nccc2c1. The smallest absolute Gasteiger partial charge is 0.227 e. The lowest BCUT2D eigenvalue weighted by Gasteiger charge is -2.06. The summed E-state index contributed by atoms with van der Waals surface area (Å²) in [5.41, 5.74) is 0.784. The standard InChI is InChI=1S/C17H18N4O/c1-2-6-14-12(4-1)9-11-19-16(14)17-20-15(22-21-17)8-7-13-5-3-10-18-13/h1-2,4,6,9,11,13,18H,3,5,7-8,10H2. The van der Waals surface area contributed by atoms with Gasteiger partial charge in [0.1, 0.15) is 5.69 Å². The second-order valence-corrected chi connectivity index (χ2v) is 5.72. The molecule has 0 bridgehead atoms. The maximum Gasteiger partial charge on any atom is 0.227 e. The molecule has 5 heteroatoms. The van der Waals surface area contributed by atoms with Crippen molar-refractivity contribution in [1.29, 1.82) is 0 Å². The summed E-state index contributed by atoms with van der Waals surface area (Å²) >= 11 is 0. The second-order valence-electron chi connectivity index (χ2n) is 5.72. The molecule has 112 valence electrons. The van der Waals surface area contributed by atoms with E-state index in [1.54, 1.807) is 6.20 Å². The first-order valence-corrected chi connectivity index (χ1v) is 7.80. The molecule has 1 unspecified atom stereocenters. The fourth-order valence-electron chi connectivity index (χ4n) is 3.05. The van der Waals surface area contributed by atoms with Gasteiger partial charge in [0.2, 0.25) is 11.7 Å². The average molecular weight is 294 g/mol. The average Bonchev–Trinajstić information content (AvgIpc) is 3.24. The van der Waals surface area contributed by atoms with Crippen LogP contribution in [0.1, 0.15) is 25.2 Å². The van der Waals surface area contributed by atoms with Crippen molar-refractivity contribution in [2.45, 2.75) is 31.7 Å². The van der Waals surface area contributed by atoms with E-state index in [0.29, 0.717) is 17.8 Å². The molecule has 0 saturated carbocycles. The van der Waals surface area contributed by atoms with Gasteiger partial charge in [-0.3, -0.25) is 4.98 Å². The van der Waals surface area contributed by atoms with E-state index in [1.807, 2.05) is 24.3 Å². The molecule has 2 aromatic heterocycles. The molecule has 5 nitrogen and oxygen atoms in total. The quantitative estimate of drug-likeness (QED) is 0.801. The van der Waals surface area contributed by atoms with Gasteiger partial charge in [-0.25, -0.2) is 0 Å². The normalized spacial score (nSPS) is 18.1. The van der Waals surface area contributed by atoms with Crippen LogP contribution < -0.4 is 5.32 Å². The highest BCUT2D eigenvalue weighted by atomic mass is 16.5. The van der Waals surface area contributed by atoms with Crippen LogP contribution >= 0.6 is 0 Å². The minimum atomic E-state index is 0.575. The highest BCUT2D eigenvalue weighted by Crippen LogP contribution is 2.24. The molecular formula is C17H18N4O. The first kappa shape index (κ1) is 13.4. The van der Waals surface area contributed by atoms with Gasteiger partial charge >= 0.3 is 0 Å². The monoisotopic (exact) mass is 294 g/mol. The van der Waals surface area contributed by atoms with Crippen molar-refractivity contribution < 1.29 is 4.52 Å². The highest BCUT2D eigenvalue weighted by molar-refractivity contribution is 5.92. The van der Waals surface area contributed by atoms with Gasteiger partial charge in [-0.05, 0) is 37.3 Å². The second kappa shape index (κ2) is 5.85. The number of pyridine rings is 1. The zero-order valence-electron chi connectivity index (χ0n) is 12.3. The number of benzene rings is 1. The molecule has 1 saturated heterocycles. The molecule has 1 aromatic carbocycles. The van der Waals surface area contributed by atoms with Crippen molar-refractivity contribution in [3.63, 3.8) is 0 Å². The van der Waals surface area contributed by atoms with Crippen molar-refractivity contribution in [1.82, 2.24) is 20.4 Å². The van der Waals surface area contributed by atoms with Gasteiger partial charge in [-0.15, -0.1) is 0 Å². The summed E-state index contributed by atoms with van der Waals surface area (Å²) in [5.74, 6) is 1.27. The number of nitrogens with zero attached hydrogens (tertiary/aromatic N) is 3. The number of fused-ring (bicyclic) bond motifs is 1. The number of hydrogen-bond donors (Lipinski definition) is 1. The van der Waals surface area contributed by atoms with Gasteiger partial charge in [0.25, 0.3) is 0 Å². The minimum Gasteiger partial charge on any atom is -0.339 e. The third-order valence-electron chi connectivity index (χ3n) is 4.22. The Kier molecular flexibility index (Phi) is 3.56. The molecule has 1 aliphatic rings. The van der Waals surface area contributed by atoms with Gasteiger partial charge < -0.3 is 9.84 Å². The zero-order valence-corrected chi connectivity index (χ0v) is 12.3. The Balaban J connectivity index is 1.57. The van der Waals surface area contributed by atoms with Crippen molar-refractivity contribution in [2.24, 2.45) is 0 Å². The van der Waals surface area contributed by atoms with E-state index < -0.39 is 0 Å². The molecule has 1 atom stereocenters. The molecule has 22 heavy (non-hydrogen) atoms. The maximum absolute atomic E-state index is 5.40. The molecule has 1 N–H and O–H groups in total. The number of nitrogens with one attached hydrogen (secondary N) is 1. The summed E-state index contributed by atoms with van der Waals surface area (Å²) in [6.45, 7) is 1.12. The van der Waals surface area contributed by atoms with Crippen LogP contribution in [-0.4, -0.2) is 27.7 Å². The van der Waals surface area contributed by atoms with Crippen molar-refractivity contribution >= 4 is 10.8 Å². The molecular weight excluding hydrogens is 276 g/mol. The lowest BCUT2D eigenvalue weighted by Crippen LogP contribution is -2.21. The van der Waals surface area contributed by atoms with E-state index in [-0.39, 0.29) is 0 Å². The molecule has 1 aliphatic heterocycles. The molecule has 3 heterocycles. The molecule has 0 aliphatic carbocycles. The van der Waals surface area contributed by atoms with E-state index in [2.05, 4.69) is 26.5 Å². The Morgan fingerprint density at radius 1 is 1.23 bits per heavy atom. The fourth-order valence-corrected chi connectivity index (χ4v) is 3.05. The maximum atomic E-state index is 5.40. The Labute approximate surface area is 128 Å². The Morgan fingerprint density at radius 3 is 3.09 bits per heavy atom. The van der Waals surface area contributed by atoms with E-state index in [9.17, 15) is 0 Å². The van der Waals surface area contributed by atoms with Crippen LogP contribution in [0.5, 0.6) is 0 Å². The van der Waals surface area contributed by atoms with Crippen LogP contribution in [-0.2, 0) is 6.42 Å². The Morgan fingerprint density at radius 2 is 2.18 bits per heavy atom. The number of aromatic nitrogens is 3. The van der Waals surface area contributed by atoms with E-state index >= 15 is 0 Å². The molecule has 0 spiro atoms. The van der Waals surface area contributed by atoms with Crippen molar-refractivity contribution in [3.05, 3.63) is 42.4 Å². The Hall–Kier alpha value is -2.27. The van der Waals surface area contributed by atoms with Gasteiger partial charge in [-0.2, -0.15) is 4.98 Å². The number of rotatable bonds is 4. The van der Waals surface area contributed by atoms with Gasteiger partial charge in [0.05, 0.1) is 0 Å².